The van der Waals surface area contributed by atoms with Crippen molar-refractivity contribution in [1.82, 2.24) is 0 Å². The van der Waals surface area contributed by atoms with Gasteiger partial charge in [0, 0.05) is 6.07 Å². The summed E-state index contributed by atoms with van der Waals surface area (Å²) in [5, 5.41) is 0. The number of hydrogen-bond donors (Lipinski definition) is 0. The highest BCUT2D eigenvalue weighted by atomic mass is 16.5. The van der Waals surface area contributed by atoms with E-state index in [1.165, 1.54) is 6.92 Å². The maximum atomic E-state index is 12.2. The molecule has 0 bridgehead atoms. The minimum absolute atomic E-state index is 0.0396. The molecule has 0 aromatic carbocycles. The summed E-state index contributed by atoms with van der Waals surface area (Å²) in [6, 6.07) is 0.960. The van der Waals surface area contributed by atoms with E-state index in [9.17, 15) is 14.4 Å². The van der Waals surface area contributed by atoms with E-state index < -0.39 is 17.6 Å². The monoisotopic (exact) mass is 310 g/mol. The highest BCUT2D eigenvalue weighted by Crippen LogP contribution is 2.16. The van der Waals surface area contributed by atoms with Gasteiger partial charge >= 0.3 is 17.6 Å². The molecule has 0 atom stereocenters. The van der Waals surface area contributed by atoms with Crippen LogP contribution in [0, 0.1) is 18.8 Å². The second kappa shape index (κ2) is 7.77. The molecule has 6 heteroatoms. The zero-order valence-corrected chi connectivity index (χ0v) is 13.6. The summed E-state index contributed by atoms with van der Waals surface area (Å²) in [5.74, 6) is -1.11. The summed E-state index contributed by atoms with van der Waals surface area (Å²) in [6.07, 6.45) is 0. The van der Waals surface area contributed by atoms with E-state index in [0.717, 1.165) is 6.07 Å². The van der Waals surface area contributed by atoms with Gasteiger partial charge in [0.1, 0.15) is 11.3 Å². The second-order valence-electron chi connectivity index (χ2n) is 5.89. The first-order chi connectivity index (χ1) is 10.2. The fraction of sp³-hybridized carbons (Fsp3) is 0.562. The van der Waals surface area contributed by atoms with Crippen LogP contribution in [0.5, 0.6) is 0 Å². The largest absolute Gasteiger partial charge is 0.462 e. The average Bonchev–Trinajstić information content (AvgIpc) is 2.41. The van der Waals surface area contributed by atoms with E-state index in [0.29, 0.717) is 0 Å². The first-order valence-electron chi connectivity index (χ1n) is 7.21. The van der Waals surface area contributed by atoms with Crippen LogP contribution in [-0.2, 0) is 9.47 Å². The number of rotatable bonds is 6. The van der Waals surface area contributed by atoms with Crippen molar-refractivity contribution in [3.05, 3.63) is 33.4 Å². The number of hydrogen-bond acceptors (Lipinski definition) is 6. The van der Waals surface area contributed by atoms with Crippen molar-refractivity contribution in [1.29, 1.82) is 0 Å². The van der Waals surface area contributed by atoms with Crippen LogP contribution >= 0.6 is 0 Å². The van der Waals surface area contributed by atoms with Gasteiger partial charge in [-0.05, 0) is 18.8 Å². The number of esters is 2. The lowest BCUT2D eigenvalue weighted by Crippen LogP contribution is -2.21. The maximum Gasteiger partial charge on any atom is 0.342 e. The normalized spacial score (nSPS) is 10.9. The Morgan fingerprint density at radius 3 is 2.05 bits per heavy atom. The van der Waals surface area contributed by atoms with Crippen molar-refractivity contribution in [2.45, 2.75) is 34.6 Å². The Morgan fingerprint density at radius 1 is 1.05 bits per heavy atom. The van der Waals surface area contributed by atoms with Crippen LogP contribution in [0.25, 0.3) is 0 Å². The minimum atomic E-state index is -0.735. The lowest BCUT2D eigenvalue weighted by Gasteiger charge is -2.12. The van der Waals surface area contributed by atoms with E-state index in [1.807, 2.05) is 27.7 Å². The molecule has 1 aromatic heterocycles. The summed E-state index contributed by atoms with van der Waals surface area (Å²) < 4.78 is 15.1. The Bertz CT molecular complexity index is 597. The van der Waals surface area contributed by atoms with E-state index in [2.05, 4.69) is 0 Å². The summed E-state index contributed by atoms with van der Waals surface area (Å²) in [4.78, 5) is 35.7. The molecule has 1 rings (SSSR count). The maximum absolute atomic E-state index is 12.2. The Balaban J connectivity index is 3.12. The van der Waals surface area contributed by atoms with Crippen LogP contribution in [0.3, 0.4) is 0 Å². The molecule has 0 N–H and O–H groups in total. The number of ether oxygens (including phenoxy) is 2. The SMILES string of the molecule is Cc1oc(=O)cc(C(=O)OCC(C)C)c1C(=O)OCC(C)C. The van der Waals surface area contributed by atoms with E-state index in [-0.39, 0.29) is 41.9 Å². The summed E-state index contributed by atoms with van der Waals surface area (Å²) >= 11 is 0. The van der Waals surface area contributed by atoms with Gasteiger partial charge in [0.2, 0.25) is 0 Å². The van der Waals surface area contributed by atoms with Crippen LogP contribution in [0.1, 0.15) is 54.2 Å². The summed E-state index contributed by atoms with van der Waals surface area (Å²) in [6.45, 7) is 9.39. The highest BCUT2D eigenvalue weighted by molar-refractivity contribution is 6.03. The van der Waals surface area contributed by atoms with Crippen molar-refractivity contribution in [2.24, 2.45) is 11.8 Å². The zero-order valence-electron chi connectivity index (χ0n) is 13.6. The fourth-order valence-corrected chi connectivity index (χ4v) is 1.66. The molecule has 0 saturated carbocycles. The number of carbonyl (C=O) groups excluding carboxylic acids is 2. The van der Waals surface area contributed by atoms with E-state index >= 15 is 0 Å². The van der Waals surface area contributed by atoms with Gasteiger partial charge in [0.15, 0.2) is 0 Å². The Hall–Kier alpha value is -2.11. The van der Waals surface area contributed by atoms with Gasteiger partial charge in [-0.3, -0.25) is 0 Å². The minimum Gasteiger partial charge on any atom is -0.462 e. The number of carbonyl (C=O) groups is 2. The van der Waals surface area contributed by atoms with Crippen molar-refractivity contribution in [3.63, 3.8) is 0 Å². The molecule has 0 aliphatic carbocycles. The standard InChI is InChI=1S/C16H22O6/c1-9(2)7-20-15(18)12-6-13(17)22-11(5)14(12)16(19)21-8-10(3)4/h6,9-10H,7-8H2,1-5H3. The molecule has 0 unspecified atom stereocenters. The highest BCUT2D eigenvalue weighted by Gasteiger charge is 2.25. The van der Waals surface area contributed by atoms with Crippen LogP contribution in [0.15, 0.2) is 15.3 Å². The van der Waals surface area contributed by atoms with Gasteiger partial charge in [0.05, 0.1) is 18.8 Å². The van der Waals surface area contributed by atoms with Crippen LogP contribution in [-0.4, -0.2) is 25.2 Å². The van der Waals surface area contributed by atoms with Crippen molar-refractivity contribution >= 4 is 11.9 Å². The molecule has 122 valence electrons. The molecule has 0 fully saturated rings. The lowest BCUT2D eigenvalue weighted by molar-refractivity contribution is 0.0407. The molecule has 0 amide bonds. The quantitative estimate of drug-likeness (QED) is 0.751. The van der Waals surface area contributed by atoms with Gasteiger partial charge < -0.3 is 13.9 Å². The fourth-order valence-electron chi connectivity index (χ4n) is 1.66. The molecule has 1 aromatic rings. The number of aryl methyl sites for hydroxylation is 1. The zero-order chi connectivity index (χ0) is 16.9. The average molecular weight is 310 g/mol. The van der Waals surface area contributed by atoms with Crippen molar-refractivity contribution < 1.29 is 23.5 Å². The third-order valence-electron chi connectivity index (χ3n) is 2.66. The Morgan fingerprint density at radius 2 is 1.55 bits per heavy atom. The Labute approximate surface area is 129 Å². The second-order valence-corrected chi connectivity index (χ2v) is 5.89. The summed E-state index contributed by atoms with van der Waals surface area (Å²) in [7, 11) is 0. The van der Waals surface area contributed by atoms with Crippen molar-refractivity contribution in [2.75, 3.05) is 13.2 Å². The topological polar surface area (TPSA) is 82.8 Å². The predicted octanol–water partition coefficient (Wildman–Crippen LogP) is 2.57. The molecule has 0 saturated heterocycles. The van der Waals surface area contributed by atoms with Crippen molar-refractivity contribution in [3.8, 4) is 0 Å². The molecule has 0 aliphatic heterocycles. The van der Waals surface area contributed by atoms with Gasteiger partial charge in [-0.2, -0.15) is 0 Å². The van der Waals surface area contributed by atoms with Crippen LogP contribution in [0.4, 0.5) is 0 Å². The van der Waals surface area contributed by atoms with Gasteiger partial charge in [-0.25, -0.2) is 14.4 Å². The first-order valence-corrected chi connectivity index (χ1v) is 7.21. The molecule has 0 spiro atoms. The van der Waals surface area contributed by atoms with Crippen LogP contribution in [0.2, 0.25) is 0 Å². The van der Waals surface area contributed by atoms with Gasteiger partial charge in [-0.15, -0.1) is 0 Å². The molecule has 22 heavy (non-hydrogen) atoms. The smallest absolute Gasteiger partial charge is 0.342 e. The third-order valence-corrected chi connectivity index (χ3v) is 2.66. The molecular weight excluding hydrogens is 288 g/mol. The summed E-state index contributed by atoms with van der Waals surface area (Å²) in [5.41, 5.74) is -0.897. The first kappa shape index (κ1) is 17.9. The molecular formula is C16H22O6. The molecule has 0 aliphatic rings. The Kier molecular flexibility index (Phi) is 6.34. The third kappa shape index (κ3) is 5.02. The van der Waals surface area contributed by atoms with Crippen LogP contribution < -0.4 is 5.63 Å². The molecule has 1 heterocycles. The molecule has 6 nitrogen and oxygen atoms in total. The van der Waals surface area contributed by atoms with Gasteiger partial charge in [-0.1, -0.05) is 27.7 Å². The lowest BCUT2D eigenvalue weighted by atomic mass is 10.1. The van der Waals surface area contributed by atoms with E-state index in [1.54, 1.807) is 0 Å². The van der Waals surface area contributed by atoms with E-state index in [4.69, 9.17) is 13.9 Å². The van der Waals surface area contributed by atoms with Gasteiger partial charge in [0.25, 0.3) is 0 Å². The molecule has 0 radical (unpaired) electrons. The predicted molar refractivity (Wildman–Crippen MR) is 80.0 cm³/mol.